The van der Waals surface area contributed by atoms with Crippen LogP contribution in [-0.2, 0) is 0 Å². The molecule has 0 N–H and O–H groups in total. The summed E-state index contributed by atoms with van der Waals surface area (Å²) in [7, 11) is 0. The SMILES string of the molecule is Brc1ccc2oc(-c3cc[c]cc3)nc2c1. The number of halogens is 1. The van der Waals surface area contributed by atoms with E-state index in [9.17, 15) is 0 Å². The van der Waals surface area contributed by atoms with E-state index in [2.05, 4.69) is 27.0 Å². The summed E-state index contributed by atoms with van der Waals surface area (Å²) in [5, 5.41) is 0. The van der Waals surface area contributed by atoms with Crippen LogP contribution in [0.3, 0.4) is 0 Å². The highest BCUT2D eigenvalue weighted by Crippen LogP contribution is 2.25. The minimum Gasteiger partial charge on any atom is -0.436 e. The Balaban J connectivity index is 2.19. The monoisotopic (exact) mass is 272 g/mol. The maximum Gasteiger partial charge on any atom is 0.227 e. The van der Waals surface area contributed by atoms with Crippen LogP contribution in [0.25, 0.3) is 22.6 Å². The summed E-state index contributed by atoms with van der Waals surface area (Å²) in [6.45, 7) is 0. The molecule has 0 aliphatic rings. The minimum atomic E-state index is 0.641. The van der Waals surface area contributed by atoms with Crippen molar-refractivity contribution in [2.75, 3.05) is 0 Å². The lowest BCUT2D eigenvalue weighted by molar-refractivity contribution is 0.620. The van der Waals surface area contributed by atoms with Crippen LogP contribution < -0.4 is 0 Å². The van der Waals surface area contributed by atoms with Gasteiger partial charge in [-0.25, -0.2) is 4.98 Å². The molecular formula is C13H7BrNO. The molecule has 1 heterocycles. The van der Waals surface area contributed by atoms with E-state index >= 15 is 0 Å². The van der Waals surface area contributed by atoms with Crippen LogP contribution in [0.15, 0.2) is 51.4 Å². The van der Waals surface area contributed by atoms with E-state index in [-0.39, 0.29) is 0 Å². The van der Waals surface area contributed by atoms with E-state index < -0.39 is 0 Å². The van der Waals surface area contributed by atoms with Gasteiger partial charge in [0.2, 0.25) is 5.89 Å². The molecule has 2 nitrogen and oxygen atoms in total. The summed E-state index contributed by atoms with van der Waals surface area (Å²) in [6.07, 6.45) is 0. The Labute approximate surface area is 101 Å². The molecule has 3 rings (SSSR count). The van der Waals surface area contributed by atoms with Gasteiger partial charge < -0.3 is 4.42 Å². The van der Waals surface area contributed by atoms with Crippen molar-refractivity contribution in [2.45, 2.75) is 0 Å². The van der Waals surface area contributed by atoms with Gasteiger partial charge in [-0.3, -0.25) is 0 Å². The molecule has 0 aliphatic carbocycles. The van der Waals surface area contributed by atoms with E-state index in [1.165, 1.54) is 0 Å². The lowest BCUT2D eigenvalue weighted by Crippen LogP contribution is -1.74. The van der Waals surface area contributed by atoms with Crippen LogP contribution in [0.1, 0.15) is 0 Å². The Hall–Kier alpha value is -1.61. The van der Waals surface area contributed by atoms with E-state index in [0.29, 0.717) is 5.89 Å². The first-order valence-electron chi connectivity index (χ1n) is 4.85. The smallest absolute Gasteiger partial charge is 0.227 e. The second-order valence-corrected chi connectivity index (χ2v) is 4.34. The van der Waals surface area contributed by atoms with Crippen LogP contribution >= 0.6 is 15.9 Å². The predicted octanol–water partition coefficient (Wildman–Crippen LogP) is 4.06. The van der Waals surface area contributed by atoms with Crippen molar-refractivity contribution in [3.8, 4) is 11.5 Å². The summed E-state index contributed by atoms with van der Waals surface area (Å²) in [5.74, 6) is 0.641. The molecule has 1 radical (unpaired) electrons. The van der Waals surface area contributed by atoms with Gasteiger partial charge in [0.25, 0.3) is 0 Å². The highest BCUT2D eigenvalue weighted by molar-refractivity contribution is 9.10. The molecular weight excluding hydrogens is 266 g/mol. The molecule has 77 valence electrons. The van der Waals surface area contributed by atoms with Crippen LogP contribution in [0.2, 0.25) is 0 Å². The Kier molecular flexibility index (Phi) is 2.26. The third-order valence-electron chi connectivity index (χ3n) is 2.31. The first-order valence-corrected chi connectivity index (χ1v) is 5.65. The predicted molar refractivity (Wildman–Crippen MR) is 66.0 cm³/mol. The zero-order valence-corrected chi connectivity index (χ0v) is 9.86. The molecule has 3 aromatic rings. The number of hydrogen-bond donors (Lipinski definition) is 0. The van der Waals surface area contributed by atoms with Gasteiger partial charge in [0, 0.05) is 10.0 Å². The molecule has 0 fully saturated rings. The van der Waals surface area contributed by atoms with Gasteiger partial charge in [-0.15, -0.1) is 0 Å². The number of hydrogen-bond acceptors (Lipinski definition) is 2. The van der Waals surface area contributed by atoms with Gasteiger partial charge in [0.1, 0.15) is 5.52 Å². The van der Waals surface area contributed by atoms with Crippen molar-refractivity contribution in [1.29, 1.82) is 0 Å². The number of aromatic nitrogens is 1. The largest absolute Gasteiger partial charge is 0.436 e. The highest BCUT2D eigenvalue weighted by atomic mass is 79.9. The first kappa shape index (κ1) is 9.60. The number of benzene rings is 2. The van der Waals surface area contributed by atoms with Crippen molar-refractivity contribution >= 4 is 27.0 Å². The molecule has 0 atom stereocenters. The summed E-state index contributed by atoms with van der Waals surface area (Å²) < 4.78 is 6.66. The van der Waals surface area contributed by atoms with Gasteiger partial charge in [0.15, 0.2) is 5.58 Å². The van der Waals surface area contributed by atoms with Crippen molar-refractivity contribution in [3.05, 3.63) is 53.0 Å². The molecule has 0 unspecified atom stereocenters. The van der Waals surface area contributed by atoms with Crippen LogP contribution in [0.5, 0.6) is 0 Å². The van der Waals surface area contributed by atoms with Crippen molar-refractivity contribution in [1.82, 2.24) is 4.98 Å². The summed E-state index contributed by atoms with van der Waals surface area (Å²) in [5.41, 5.74) is 2.62. The molecule has 3 heteroatoms. The van der Waals surface area contributed by atoms with Gasteiger partial charge in [-0.05, 0) is 36.4 Å². The third-order valence-corrected chi connectivity index (χ3v) is 2.81. The molecule has 0 saturated heterocycles. The topological polar surface area (TPSA) is 26.0 Å². The number of nitrogens with zero attached hydrogens (tertiary/aromatic N) is 1. The Morgan fingerprint density at radius 2 is 1.94 bits per heavy atom. The molecule has 0 spiro atoms. The highest BCUT2D eigenvalue weighted by Gasteiger charge is 2.07. The first-order chi connectivity index (χ1) is 7.83. The maximum absolute atomic E-state index is 5.66. The molecule has 0 saturated carbocycles. The van der Waals surface area contributed by atoms with Crippen molar-refractivity contribution in [3.63, 3.8) is 0 Å². The average molecular weight is 273 g/mol. The van der Waals surface area contributed by atoms with Crippen LogP contribution in [0, 0.1) is 6.07 Å². The molecule has 0 amide bonds. The third kappa shape index (κ3) is 1.63. The summed E-state index contributed by atoms with van der Waals surface area (Å²) >= 11 is 3.41. The van der Waals surface area contributed by atoms with Crippen LogP contribution in [0.4, 0.5) is 0 Å². The number of oxazole rings is 1. The maximum atomic E-state index is 5.66. The minimum absolute atomic E-state index is 0.641. The molecule has 16 heavy (non-hydrogen) atoms. The second kappa shape index (κ2) is 3.76. The van der Waals surface area contributed by atoms with Crippen molar-refractivity contribution < 1.29 is 4.42 Å². The van der Waals surface area contributed by atoms with E-state index in [0.717, 1.165) is 21.1 Å². The van der Waals surface area contributed by atoms with Gasteiger partial charge in [-0.2, -0.15) is 0 Å². The summed E-state index contributed by atoms with van der Waals surface area (Å²) in [6, 6.07) is 16.3. The molecule has 0 aliphatic heterocycles. The average Bonchev–Trinajstić information content (AvgIpc) is 2.73. The standard InChI is InChI=1S/C13H7BrNO/c14-10-6-7-12-11(8-10)15-13(16-12)9-4-2-1-3-5-9/h2-8H. The number of fused-ring (bicyclic) bond motifs is 1. The fraction of sp³-hybridized carbons (Fsp3) is 0. The van der Waals surface area contributed by atoms with Gasteiger partial charge in [-0.1, -0.05) is 28.1 Å². The fourth-order valence-corrected chi connectivity index (χ4v) is 1.90. The zero-order chi connectivity index (χ0) is 11.0. The fourth-order valence-electron chi connectivity index (χ4n) is 1.55. The van der Waals surface area contributed by atoms with E-state index in [1.807, 2.05) is 42.5 Å². The molecule has 2 aromatic carbocycles. The number of rotatable bonds is 1. The second-order valence-electron chi connectivity index (χ2n) is 3.42. The Morgan fingerprint density at radius 1 is 1.12 bits per heavy atom. The van der Waals surface area contributed by atoms with E-state index in [1.54, 1.807) is 0 Å². The Morgan fingerprint density at radius 3 is 2.75 bits per heavy atom. The Bertz CT molecular complexity index is 631. The lowest BCUT2D eigenvalue weighted by Gasteiger charge is -1.91. The van der Waals surface area contributed by atoms with E-state index in [4.69, 9.17) is 4.42 Å². The zero-order valence-electron chi connectivity index (χ0n) is 8.27. The van der Waals surface area contributed by atoms with Gasteiger partial charge in [0.05, 0.1) is 0 Å². The lowest BCUT2D eigenvalue weighted by atomic mass is 10.2. The quantitative estimate of drug-likeness (QED) is 0.668. The normalized spacial score (nSPS) is 10.8. The molecule has 1 aromatic heterocycles. The van der Waals surface area contributed by atoms with Crippen LogP contribution in [-0.4, -0.2) is 4.98 Å². The van der Waals surface area contributed by atoms with Gasteiger partial charge >= 0.3 is 0 Å². The van der Waals surface area contributed by atoms with Crippen molar-refractivity contribution in [2.24, 2.45) is 0 Å². The molecule has 0 bridgehead atoms. The summed E-state index contributed by atoms with van der Waals surface area (Å²) in [4.78, 5) is 4.43.